The standard InChI is InChI=1S/C23H25N3O3S/c1-13-11-14(2)22(28)17(12-13)19-18-20(25-24-19)23(29)26(9-4-10-27)21(18)15-5-7-16(30-3)8-6-15/h5-8,11-12,21,27-28H,4,9-10H2,1-3H3,(H,24,25)/t21-/m1/s1. The molecule has 156 valence electrons. The molecule has 1 amide bonds. The van der Waals surface area contributed by atoms with Crippen LogP contribution in [-0.4, -0.2) is 50.6 Å². The lowest BCUT2D eigenvalue weighted by molar-refractivity contribution is 0.0732. The minimum atomic E-state index is -0.330. The van der Waals surface area contributed by atoms with Gasteiger partial charge in [0.15, 0.2) is 0 Å². The number of aromatic hydroxyl groups is 1. The number of benzene rings is 2. The van der Waals surface area contributed by atoms with Gasteiger partial charge in [-0.2, -0.15) is 5.10 Å². The van der Waals surface area contributed by atoms with Crippen LogP contribution in [-0.2, 0) is 0 Å². The molecular formula is C23H25N3O3S. The molecule has 30 heavy (non-hydrogen) atoms. The van der Waals surface area contributed by atoms with E-state index in [0.717, 1.165) is 27.1 Å². The molecule has 0 saturated heterocycles. The molecule has 0 spiro atoms. The first-order chi connectivity index (χ1) is 14.5. The molecule has 1 aromatic heterocycles. The summed E-state index contributed by atoms with van der Waals surface area (Å²) in [7, 11) is 0. The Bertz CT molecular complexity index is 1090. The number of aliphatic hydroxyl groups excluding tert-OH is 1. The zero-order valence-corrected chi connectivity index (χ0v) is 18.1. The Kier molecular flexibility index (Phi) is 5.58. The number of carbonyl (C=O) groups excluding carboxylic acids is 1. The van der Waals surface area contributed by atoms with Gasteiger partial charge in [-0.3, -0.25) is 9.89 Å². The molecule has 3 N–H and O–H groups in total. The molecule has 0 radical (unpaired) electrons. The van der Waals surface area contributed by atoms with Crippen molar-refractivity contribution in [3.05, 3.63) is 64.3 Å². The summed E-state index contributed by atoms with van der Waals surface area (Å²) in [5.41, 5.74) is 5.18. The summed E-state index contributed by atoms with van der Waals surface area (Å²) in [6.45, 7) is 4.28. The van der Waals surface area contributed by atoms with E-state index >= 15 is 0 Å². The normalized spacial score (nSPS) is 15.7. The van der Waals surface area contributed by atoms with Gasteiger partial charge in [-0.05, 0) is 61.4 Å². The third kappa shape index (κ3) is 3.38. The third-order valence-electron chi connectivity index (χ3n) is 5.55. The summed E-state index contributed by atoms with van der Waals surface area (Å²) >= 11 is 1.66. The Labute approximate surface area is 179 Å². The van der Waals surface area contributed by atoms with Crippen LogP contribution in [0.4, 0.5) is 0 Å². The highest BCUT2D eigenvalue weighted by molar-refractivity contribution is 7.98. The lowest BCUT2D eigenvalue weighted by Gasteiger charge is -2.26. The molecular weight excluding hydrogens is 398 g/mol. The van der Waals surface area contributed by atoms with Gasteiger partial charge in [0, 0.05) is 29.2 Å². The molecule has 0 bridgehead atoms. The minimum Gasteiger partial charge on any atom is -0.507 e. The van der Waals surface area contributed by atoms with Gasteiger partial charge < -0.3 is 15.1 Å². The van der Waals surface area contributed by atoms with Gasteiger partial charge in [-0.25, -0.2) is 0 Å². The summed E-state index contributed by atoms with van der Waals surface area (Å²) in [6, 6.07) is 11.6. The Morgan fingerprint density at radius 2 is 1.93 bits per heavy atom. The lowest BCUT2D eigenvalue weighted by Crippen LogP contribution is -2.31. The van der Waals surface area contributed by atoms with Gasteiger partial charge in [0.25, 0.3) is 5.91 Å². The number of hydrogen-bond acceptors (Lipinski definition) is 5. The van der Waals surface area contributed by atoms with Crippen molar-refractivity contribution in [2.45, 2.75) is 31.2 Å². The number of thioether (sulfide) groups is 1. The average molecular weight is 424 g/mol. The molecule has 3 aromatic rings. The smallest absolute Gasteiger partial charge is 0.273 e. The second-order valence-electron chi connectivity index (χ2n) is 7.59. The number of fused-ring (bicyclic) bond motifs is 1. The summed E-state index contributed by atoms with van der Waals surface area (Å²) in [6.07, 6.45) is 2.52. The summed E-state index contributed by atoms with van der Waals surface area (Å²) in [5.74, 6) is 0.0349. The molecule has 2 heterocycles. The van der Waals surface area contributed by atoms with Crippen LogP contribution in [0.3, 0.4) is 0 Å². The summed E-state index contributed by atoms with van der Waals surface area (Å²) < 4.78 is 0. The Morgan fingerprint density at radius 1 is 1.20 bits per heavy atom. The third-order valence-corrected chi connectivity index (χ3v) is 6.30. The van der Waals surface area contributed by atoms with Crippen molar-refractivity contribution in [3.8, 4) is 17.0 Å². The average Bonchev–Trinajstić information content (AvgIpc) is 3.28. The van der Waals surface area contributed by atoms with E-state index in [2.05, 4.69) is 10.2 Å². The Hall–Kier alpha value is -2.77. The Balaban J connectivity index is 1.89. The fourth-order valence-electron chi connectivity index (χ4n) is 4.15. The van der Waals surface area contributed by atoms with Crippen LogP contribution in [0.5, 0.6) is 5.75 Å². The van der Waals surface area contributed by atoms with Gasteiger partial charge in [0.05, 0.1) is 6.04 Å². The molecule has 4 rings (SSSR count). The van der Waals surface area contributed by atoms with Crippen LogP contribution in [0.1, 0.15) is 45.2 Å². The number of amides is 1. The lowest BCUT2D eigenvalue weighted by atomic mass is 9.94. The van der Waals surface area contributed by atoms with E-state index in [4.69, 9.17) is 0 Å². The van der Waals surface area contributed by atoms with Crippen LogP contribution in [0, 0.1) is 13.8 Å². The van der Waals surface area contributed by atoms with Gasteiger partial charge in [-0.15, -0.1) is 11.8 Å². The predicted molar refractivity (Wildman–Crippen MR) is 118 cm³/mol. The molecule has 2 aromatic carbocycles. The van der Waals surface area contributed by atoms with Gasteiger partial charge in [0.1, 0.15) is 17.1 Å². The number of hydrogen-bond donors (Lipinski definition) is 3. The number of aliphatic hydroxyl groups is 1. The zero-order valence-electron chi connectivity index (χ0n) is 17.3. The first-order valence-electron chi connectivity index (χ1n) is 9.90. The molecule has 7 heteroatoms. The summed E-state index contributed by atoms with van der Waals surface area (Å²) in [4.78, 5) is 16.1. The topological polar surface area (TPSA) is 89.5 Å². The van der Waals surface area contributed by atoms with Crippen molar-refractivity contribution < 1.29 is 15.0 Å². The fourth-order valence-corrected chi connectivity index (χ4v) is 4.56. The van der Waals surface area contributed by atoms with Gasteiger partial charge in [0.2, 0.25) is 0 Å². The number of nitrogens with one attached hydrogen (secondary N) is 1. The monoisotopic (exact) mass is 423 g/mol. The van der Waals surface area contributed by atoms with Crippen LogP contribution >= 0.6 is 11.8 Å². The van der Waals surface area contributed by atoms with E-state index in [1.807, 2.05) is 56.5 Å². The van der Waals surface area contributed by atoms with E-state index in [0.29, 0.717) is 29.9 Å². The number of aromatic amines is 1. The highest BCUT2D eigenvalue weighted by Gasteiger charge is 2.42. The number of H-pyrrole nitrogens is 1. The molecule has 0 unspecified atom stereocenters. The molecule has 6 nitrogen and oxygen atoms in total. The van der Waals surface area contributed by atoms with Crippen LogP contribution in [0.2, 0.25) is 0 Å². The van der Waals surface area contributed by atoms with Crippen LogP contribution in [0.25, 0.3) is 11.3 Å². The molecule has 1 aliphatic rings. The molecule has 1 atom stereocenters. The van der Waals surface area contributed by atoms with E-state index < -0.39 is 0 Å². The SMILES string of the molecule is CSc1ccc([C@@H]2c3c(-c4cc(C)cc(C)c4O)n[nH]c3C(=O)N2CCCO)cc1. The number of nitrogens with zero attached hydrogens (tertiary/aromatic N) is 2. The second kappa shape index (κ2) is 8.16. The maximum atomic E-state index is 13.2. The Morgan fingerprint density at radius 3 is 2.60 bits per heavy atom. The number of carbonyl (C=O) groups is 1. The van der Waals surface area contributed by atoms with E-state index in [1.165, 1.54) is 0 Å². The maximum absolute atomic E-state index is 13.2. The van der Waals surface area contributed by atoms with E-state index in [1.54, 1.807) is 16.7 Å². The van der Waals surface area contributed by atoms with Crippen molar-refractivity contribution in [1.82, 2.24) is 15.1 Å². The van der Waals surface area contributed by atoms with Crippen LogP contribution < -0.4 is 0 Å². The van der Waals surface area contributed by atoms with Crippen molar-refractivity contribution in [3.63, 3.8) is 0 Å². The number of aromatic nitrogens is 2. The molecule has 0 saturated carbocycles. The quantitative estimate of drug-likeness (QED) is 0.521. The van der Waals surface area contributed by atoms with Gasteiger partial charge >= 0.3 is 0 Å². The van der Waals surface area contributed by atoms with Crippen molar-refractivity contribution in [2.75, 3.05) is 19.4 Å². The predicted octanol–water partition coefficient (Wildman–Crippen LogP) is 4.05. The highest BCUT2D eigenvalue weighted by atomic mass is 32.2. The van der Waals surface area contributed by atoms with Crippen molar-refractivity contribution in [1.29, 1.82) is 0 Å². The highest BCUT2D eigenvalue weighted by Crippen LogP contribution is 2.45. The number of rotatable bonds is 6. The maximum Gasteiger partial charge on any atom is 0.273 e. The van der Waals surface area contributed by atoms with Crippen molar-refractivity contribution >= 4 is 17.7 Å². The van der Waals surface area contributed by atoms with Gasteiger partial charge in [-0.1, -0.05) is 18.2 Å². The second-order valence-corrected chi connectivity index (χ2v) is 8.47. The number of phenols is 1. The number of aryl methyl sites for hydroxylation is 2. The molecule has 0 fully saturated rings. The zero-order chi connectivity index (χ0) is 21.4. The fraction of sp³-hybridized carbons (Fsp3) is 0.304. The van der Waals surface area contributed by atoms with Crippen LogP contribution in [0.15, 0.2) is 41.3 Å². The minimum absolute atomic E-state index is 0.0127. The first-order valence-corrected chi connectivity index (χ1v) is 11.1. The molecule has 1 aliphatic heterocycles. The largest absolute Gasteiger partial charge is 0.507 e. The molecule has 0 aliphatic carbocycles. The number of phenolic OH excluding ortho intramolecular Hbond substituents is 1. The van der Waals surface area contributed by atoms with Crippen molar-refractivity contribution in [2.24, 2.45) is 0 Å². The first kappa shape index (κ1) is 20.5. The summed E-state index contributed by atoms with van der Waals surface area (Å²) in [5, 5.41) is 27.4. The van der Waals surface area contributed by atoms with E-state index in [9.17, 15) is 15.0 Å². The van der Waals surface area contributed by atoms with E-state index in [-0.39, 0.29) is 24.3 Å².